The van der Waals surface area contributed by atoms with Crippen molar-refractivity contribution in [3.63, 3.8) is 0 Å². The summed E-state index contributed by atoms with van der Waals surface area (Å²) in [5.41, 5.74) is 2.37. The molecule has 4 rings (SSSR count). The van der Waals surface area contributed by atoms with Gasteiger partial charge in [-0.15, -0.1) is 0 Å². The van der Waals surface area contributed by atoms with Crippen LogP contribution in [0.2, 0.25) is 0 Å². The number of nitrogens with one attached hydrogen (secondary N) is 3. The lowest BCUT2D eigenvalue weighted by atomic mass is 10.1. The van der Waals surface area contributed by atoms with E-state index in [9.17, 15) is 18.4 Å². The summed E-state index contributed by atoms with van der Waals surface area (Å²) in [6, 6.07) is 8.22. The Kier molecular flexibility index (Phi) is 8.70. The fourth-order valence-corrected chi connectivity index (χ4v) is 4.12. The first-order valence-corrected chi connectivity index (χ1v) is 13.0. The van der Waals surface area contributed by atoms with E-state index in [2.05, 4.69) is 25.9 Å². The van der Waals surface area contributed by atoms with E-state index in [1.54, 1.807) is 43.5 Å². The molecule has 41 heavy (non-hydrogen) atoms. The highest BCUT2D eigenvalue weighted by molar-refractivity contribution is 5.92. The normalized spacial score (nSPS) is 11.3. The van der Waals surface area contributed by atoms with Crippen LogP contribution in [0.15, 0.2) is 48.9 Å². The third-order valence-electron chi connectivity index (χ3n) is 6.01. The van der Waals surface area contributed by atoms with Gasteiger partial charge in [-0.05, 0) is 63.1 Å². The van der Waals surface area contributed by atoms with E-state index >= 15 is 0 Å². The molecule has 0 bridgehead atoms. The average molecular weight is 567 g/mol. The van der Waals surface area contributed by atoms with E-state index in [0.717, 1.165) is 5.56 Å². The second-order valence-electron chi connectivity index (χ2n) is 10.1. The summed E-state index contributed by atoms with van der Waals surface area (Å²) < 4.78 is 40.8. The topological polar surface area (TPSA) is 119 Å². The van der Waals surface area contributed by atoms with Gasteiger partial charge in [0.05, 0.1) is 19.0 Å². The van der Waals surface area contributed by atoms with Gasteiger partial charge in [0.2, 0.25) is 11.7 Å². The van der Waals surface area contributed by atoms with Gasteiger partial charge in [0.15, 0.2) is 23.0 Å². The van der Waals surface area contributed by atoms with E-state index in [0.29, 0.717) is 35.0 Å². The maximum absolute atomic E-state index is 14.8. The van der Waals surface area contributed by atoms with Crippen molar-refractivity contribution >= 4 is 34.8 Å². The molecule has 0 radical (unpaired) electrons. The molecule has 2 amide bonds. The number of carbonyl (C=O) groups excluding carboxylic acids is 2. The van der Waals surface area contributed by atoms with Gasteiger partial charge in [-0.25, -0.2) is 19.2 Å². The van der Waals surface area contributed by atoms with Crippen molar-refractivity contribution < 1.29 is 27.8 Å². The standard InChI is InChI=1S/C29H32F2N6O4/c1-6-17-15-18(7-9-20(17)36-23(38)11-12-33-28(39)41-29(2,3)4)35-26-27-34-16-21(37(27)14-13-32-26)19-8-10-22(40-5)25(31)24(19)30/h7-10,13-16H,6,11-12H2,1-5H3,(H,32,35)(H,33,39)(H,36,38). The smallest absolute Gasteiger partial charge is 0.407 e. The zero-order valence-corrected chi connectivity index (χ0v) is 23.5. The maximum atomic E-state index is 14.8. The summed E-state index contributed by atoms with van der Waals surface area (Å²) >= 11 is 0. The van der Waals surface area contributed by atoms with E-state index < -0.39 is 23.3 Å². The molecular formula is C29H32F2N6O4. The molecule has 12 heteroatoms. The van der Waals surface area contributed by atoms with Crippen LogP contribution in [-0.2, 0) is 16.0 Å². The Morgan fingerprint density at radius 2 is 1.85 bits per heavy atom. The van der Waals surface area contributed by atoms with E-state index in [-0.39, 0.29) is 30.2 Å². The molecule has 2 aromatic heterocycles. The lowest BCUT2D eigenvalue weighted by molar-refractivity contribution is -0.116. The third kappa shape index (κ3) is 6.89. The van der Waals surface area contributed by atoms with Crippen LogP contribution in [0.25, 0.3) is 16.9 Å². The molecule has 0 saturated carbocycles. The summed E-state index contributed by atoms with van der Waals surface area (Å²) in [6.45, 7) is 7.38. The number of amides is 2. The van der Waals surface area contributed by atoms with Gasteiger partial charge in [0.1, 0.15) is 5.60 Å². The highest BCUT2D eigenvalue weighted by Gasteiger charge is 2.20. The fourth-order valence-electron chi connectivity index (χ4n) is 4.12. The van der Waals surface area contributed by atoms with Crippen LogP contribution >= 0.6 is 0 Å². The zero-order valence-electron chi connectivity index (χ0n) is 23.5. The minimum Gasteiger partial charge on any atom is -0.494 e. The van der Waals surface area contributed by atoms with Crippen LogP contribution in [0, 0.1) is 11.6 Å². The Hall–Kier alpha value is -4.74. The summed E-state index contributed by atoms with van der Waals surface area (Å²) in [7, 11) is 1.27. The second-order valence-corrected chi connectivity index (χ2v) is 10.1. The van der Waals surface area contributed by atoms with Gasteiger partial charge >= 0.3 is 6.09 Å². The zero-order chi connectivity index (χ0) is 29.7. The number of ether oxygens (including phenoxy) is 2. The van der Waals surface area contributed by atoms with Crippen LogP contribution in [0.4, 0.5) is 30.8 Å². The first-order valence-electron chi connectivity index (χ1n) is 13.0. The molecule has 2 heterocycles. The Morgan fingerprint density at radius 3 is 2.56 bits per heavy atom. The Morgan fingerprint density at radius 1 is 1.07 bits per heavy atom. The highest BCUT2D eigenvalue weighted by Crippen LogP contribution is 2.32. The van der Waals surface area contributed by atoms with Gasteiger partial charge < -0.3 is 25.4 Å². The molecule has 0 aliphatic carbocycles. The molecule has 0 atom stereocenters. The minimum absolute atomic E-state index is 0.0302. The van der Waals surface area contributed by atoms with Crippen molar-refractivity contribution in [3.8, 4) is 17.0 Å². The van der Waals surface area contributed by atoms with E-state index in [1.165, 1.54) is 31.6 Å². The fraction of sp³-hybridized carbons (Fsp3) is 0.310. The molecule has 0 aliphatic rings. The lowest BCUT2D eigenvalue weighted by Crippen LogP contribution is -2.34. The number of hydrogen-bond acceptors (Lipinski definition) is 7. The van der Waals surface area contributed by atoms with Crippen LogP contribution in [-0.4, -0.2) is 45.6 Å². The number of aromatic nitrogens is 3. The summed E-state index contributed by atoms with van der Waals surface area (Å²) in [6.07, 6.45) is 4.71. The summed E-state index contributed by atoms with van der Waals surface area (Å²) in [5.74, 6) is -2.16. The van der Waals surface area contributed by atoms with Gasteiger partial charge in [-0.2, -0.15) is 4.39 Å². The predicted molar refractivity (Wildman–Crippen MR) is 151 cm³/mol. The van der Waals surface area contributed by atoms with Crippen LogP contribution in [0.5, 0.6) is 5.75 Å². The molecule has 0 aliphatic heterocycles. The highest BCUT2D eigenvalue weighted by atomic mass is 19.2. The van der Waals surface area contributed by atoms with E-state index in [1.807, 2.05) is 13.0 Å². The van der Waals surface area contributed by atoms with Crippen molar-refractivity contribution in [3.05, 3.63) is 66.1 Å². The van der Waals surface area contributed by atoms with Gasteiger partial charge in [-0.1, -0.05) is 6.92 Å². The number of alkyl carbamates (subject to hydrolysis) is 1. The summed E-state index contributed by atoms with van der Waals surface area (Å²) in [4.78, 5) is 33.0. The molecule has 2 aromatic carbocycles. The number of fused-ring (bicyclic) bond motifs is 1. The molecule has 0 saturated heterocycles. The number of aryl methyl sites for hydroxylation is 1. The molecule has 216 valence electrons. The molecule has 0 unspecified atom stereocenters. The van der Waals surface area contributed by atoms with Crippen LogP contribution in [0.3, 0.4) is 0 Å². The Bertz CT molecular complexity index is 1580. The molecule has 3 N–H and O–H groups in total. The third-order valence-corrected chi connectivity index (χ3v) is 6.01. The number of nitrogens with zero attached hydrogens (tertiary/aromatic N) is 3. The van der Waals surface area contributed by atoms with Crippen molar-refractivity contribution in [1.82, 2.24) is 19.7 Å². The molecule has 0 fully saturated rings. The monoisotopic (exact) mass is 566 g/mol. The first kappa shape index (κ1) is 29.2. The van der Waals surface area contributed by atoms with Gasteiger partial charge in [-0.3, -0.25) is 9.20 Å². The number of rotatable bonds is 9. The molecule has 0 spiro atoms. The molecule has 10 nitrogen and oxygen atoms in total. The van der Waals surface area contributed by atoms with Crippen molar-refractivity contribution in [1.29, 1.82) is 0 Å². The number of carbonyl (C=O) groups is 2. The Labute approximate surface area is 236 Å². The number of benzene rings is 2. The molecular weight excluding hydrogens is 534 g/mol. The van der Waals surface area contributed by atoms with Crippen LogP contribution in [0.1, 0.15) is 39.7 Å². The predicted octanol–water partition coefficient (Wildman–Crippen LogP) is 5.84. The van der Waals surface area contributed by atoms with Gasteiger partial charge in [0, 0.05) is 42.3 Å². The Balaban J connectivity index is 1.47. The number of methoxy groups -OCH3 is 1. The van der Waals surface area contributed by atoms with Crippen molar-refractivity contribution in [2.45, 2.75) is 46.1 Å². The van der Waals surface area contributed by atoms with E-state index in [4.69, 9.17) is 9.47 Å². The number of imidazole rings is 1. The maximum Gasteiger partial charge on any atom is 0.407 e. The first-order chi connectivity index (χ1) is 19.5. The second kappa shape index (κ2) is 12.2. The number of anilines is 3. The average Bonchev–Trinajstić information content (AvgIpc) is 3.35. The van der Waals surface area contributed by atoms with Crippen LogP contribution < -0.4 is 20.7 Å². The largest absolute Gasteiger partial charge is 0.494 e. The number of hydrogen-bond donors (Lipinski definition) is 3. The minimum atomic E-state index is -1.08. The number of halogens is 2. The quantitative estimate of drug-likeness (QED) is 0.233. The van der Waals surface area contributed by atoms with Crippen molar-refractivity contribution in [2.24, 2.45) is 0 Å². The molecule has 4 aromatic rings. The summed E-state index contributed by atoms with van der Waals surface area (Å²) in [5, 5.41) is 8.66. The van der Waals surface area contributed by atoms with Crippen molar-refractivity contribution in [2.75, 3.05) is 24.3 Å². The SMILES string of the molecule is CCc1cc(Nc2nccn3c(-c4ccc(OC)c(F)c4F)cnc23)ccc1NC(=O)CCNC(=O)OC(C)(C)C. The lowest BCUT2D eigenvalue weighted by Gasteiger charge is -2.19. The van der Waals surface area contributed by atoms with Gasteiger partial charge in [0.25, 0.3) is 0 Å².